The summed E-state index contributed by atoms with van der Waals surface area (Å²) in [6.45, 7) is 3.30. The summed E-state index contributed by atoms with van der Waals surface area (Å²) in [5, 5.41) is 3.29. The lowest BCUT2D eigenvalue weighted by Crippen LogP contribution is -2.18. The standard InChI is InChI=1S/C14H19F2NO/c15-14(16)13-3-1-2-12(8-13)9-17-6-4-11-5-7-18-10-11/h1-3,8,11,14,17H,4-7,9-10H2. The SMILES string of the molecule is FC(F)c1cccc(CNCCC2CCOC2)c1. The number of nitrogens with one attached hydrogen (secondary N) is 1. The van der Waals surface area contributed by atoms with Gasteiger partial charge in [0.2, 0.25) is 0 Å². The topological polar surface area (TPSA) is 21.3 Å². The molecule has 0 aromatic heterocycles. The van der Waals surface area contributed by atoms with Gasteiger partial charge in [-0.2, -0.15) is 0 Å². The molecule has 0 radical (unpaired) electrons. The molecule has 1 aromatic rings. The lowest BCUT2D eigenvalue weighted by molar-refractivity contribution is 0.151. The minimum Gasteiger partial charge on any atom is -0.381 e. The molecule has 1 unspecified atom stereocenters. The highest BCUT2D eigenvalue weighted by Gasteiger charge is 2.14. The summed E-state index contributed by atoms with van der Waals surface area (Å²) in [6, 6.07) is 6.58. The van der Waals surface area contributed by atoms with Gasteiger partial charge in [-0.25, -0.2) is 8.78 Å². The van der Waals surface area contributed by atoms with Crippen molar-refractivity contribution in [3.05, 3.63) is 35.4 Å². The molecule has 1 atom stereocenters. The Morgan fingerprint density at radius 1 is 1.39 bits per heavy atom. The van der Waals surface area contributed by atoms with Gasteiger partial charge in [-0.05, 0) is 36.9 Å². The molecule has 100 valence electrons. The Labute approximate surface area is 106 Å². The van der Waals surface area contributed by atoms with Crippen molar-refractivity contribution in [1.29, 1.82) is 0 Å². The van der Waals surface area contributed by atoms with Crippen molar-refractivity contribution in [3.63, 3.8) is 0 Å². The van der Waals surface area contributed by atoms with Gasteiger partial charge < -0.3 is 10.1 Å². The van der Waals surface area contributed by atoms with Gasteiger partial charge in [0.1, 0.15) is 0 Å². The molecule has 1 aliphatic rings. The van der Waals surface area contributed by atoms with E-state index in [1.165, 1.54) is 6.07 Å². The van der Waals surface area contributed by atoms with Crippen LogP contribution >= 0.6 is 0 Å². The lowest BCUT2D eigenvalue weighted by atomic mass is 10.1. The van der Waals surface area contributed by atoms with Gasteiger partial charge in [0.25, 0.3) is 6.43 Å². The number of alkyl halides is 2. The molecule has 0 saturated carbocycles. The minimum absolute atomic E-state index is 0.0958. The second-order valence-electron chi connectivity index (χ2n) is 4.74. The summed E-state index contributed by atoms with van der Waals surface area (Å²) in [4.78, 5) is 0. The zero-order valence-corrected chi connectivity index (χ0v) is 10.4. The fraction of sp³-hybridized carbons (Fsp3) is 0.571. The molecule has 0 spiro atoms. The van der Waals surface area contributed by atoms with Crippen molar-refractivity contribution in [2.24, 2.45) is 5.92 Å². The van der Waals surface area contributed by atoms with E-state index in [9.17, 15) is 8.78 Å². The maximum atomic E-state index is 12.5. The molecule has 18 heavy (non-hydrogen) atoms. The van der Waals surface area contributed by atoms with E-state index in [0.29, 0.717) is 12.5 Å². The molecule has 0 amide bonds. The van der Waals surface area contributed by atoms with Crippen LogP contribution in [-0.4, -0.2) is 19.8 Å². The van der Waals surface area contributed by atoms with E-state index in [-0.39, 0.29) is 5.56 Å². The van der Waals surface area contributed by atoms with Crippen molar-refractivity contribution in [3.8, 4) is 0 Å². The molecule has 1 fully saturated rings. The average molecular weight is 255 g/mol. The monoisotopic (exact) mass is 255 g/mol. The van der Waals surface area contributed by atoms with Crippen LogP contribution in [0.2, 0.25) is 0 Å². The Morgan fingerprint density at radius 3 is 3.00 bits per heavy atom. The van der Waals surface area contributed by atoms with Crippen LogP contribution < -0.4 is 5.32 Å². The molecule has 2 rings (SSSR count). The third-order valence-corrected chi connectivity index (χ3v) is 3.29. The van der Waals surface area contributed by atoms with Gasteiger partial charge in [0.05, 0.1) is 0 Å². The summed E-state index contributed by atoms with van der Waals surface area (Å²) >= 11 is 0. The fourth-order valence-corrected chi connectivity index (χ4v) is 2.19. The van der Waals surface area contributed by atoms with E-state index in [1.807, 2.05) is 6.07 Å². The van der Waals surface area contributed by atoms with Crippen molar-refractivity contribution < 1.29 is 13.5 Å². The zero-order valence-electron chi connectivity index (χ0n) is 10.4. The van der Waals surface area contributed by atoms with E-state index >= 15 is 0 Å². The first-order valence-electron chi connectivity index (χ1n) is 6.41. The van der Waals surface area contributed by atoms with Crippen molar-refractivity contribution in [2.45, 2.75) is 25.8 Å². The van der Waals surface area contributed by atoms with E-state index in [4.69, 9.17) is 4.74 Å². The summed E-state index contributed by atoms with van der Waals surface area (Å²) < 4.78 is 30.3. The Bertz CT molecular complexity index is 365. The first-order chi connectivity index (χ1) is 8.75. The van der Waals surface area contributed by atoms with Gasteiger partial charge in [0.15, 0.2) is 0 Å². The Kier molecular flexibility index (Phi) is 5.08. The van der Waals surface area contributed by atoms with Crippen molar-refractivity contribution >= 4 is 0 Å². The van der Waals surface area contributed by atoms with Crippen molar-refractivity contribution in [1.82, 2.24) is 5.32 Å². The van der Waals surface area contributed by atoms with Crippen LogP contribution in [0.1, 0.15) is 30.4 Å². The van der Waals surface area contributed by atoms with Gasteiger partial charge in [-0.1, -0.05) is 18.2 Å². The number of hydrogen-bond acceptors (Lipinski definition) is 2. The van der Waals surface area contributed by atoms with Gasteiger partial charge in [0, 0.05) is 25.3 Å². The molecule has 0 aliphatic carbocycles. The molecule has 1 N–H and O–H groups in total. The van der Waals surface area contributed by atoms with E-state index < -0.39 is 6.43 Å². The van der Waals surface area contributed by atoms with Crippen molar-refractivity contribution in [2.75, 3.05) is 19.8 Å². The van der Waals surface area contributed by atoms with E-state index in [2.05, 4.69) is 5.32 Å². The average Bonchev–Trinajstić information content (AvgIpc) is 2.88. The molecule has 1 aromatic carbocycles. The first-order valence-corrected chi connectivity index (χ1v) is 6.41. The number of ether oxygens (including phenoxy) is 1. The number of hydrogen-bond donors (Lipinski definition) is 1. The highest BCUT2D eigenvalue weighted by Crippen LogP contribution is 2.19. The quantitative estimate of drug-likeness (QED) is 0.788. The Morgan fingerprint density at radius 2 is 2.28 bits per heavy atom. The second-order valence-corrected chi connectivity index (χ2v) is 4.74. The smallest absolute Gasteiger partial charge is 0.263 e. The molecular weight excluding hydrogens is 236 g/mol. The fourth-order valence-electron chi connectivity index (χ4n) is 2.19. The van der Waals surface area contributed by atoms with Crippen LogP contribution in [0, 0.1) is 5.92 Å². The summed E-state index contributed by atoms with van der Waals surface area (Å²) in [5.41, 5.74) is 1.01. The number of halogens is 2. The highest BCUT2D eigenvalue weighted by atomic mass is 19.3. The summed E-state index contributed by atoms with van der Waals surface area (Å²) in [6.07, 6.45) is -0.155. The molecule has 1 heterocycles. The van der Waals surface area contributed by atoms with Crippen LogP contribution in [0.3, 0.4) is 0 Å². The maximum absolute atomic E-state index is 12.5. The predicted octanol–water partition coefficient (Wildman–Crippen LogP) is 3.14. The predicted molar refractivity (Wildman–Crippen MR) is 66.6 cm³/mol. The maximum Gasteiger partial charge on any atom is 0.263 e. The van der Waals surface area contributed by atoms with Crippen LogP contribution in [0.25, 0.3) is 0 Å². The van der Waals surface area contributed by atoms with Gasteiger partial charge in [-0.15, -0.1) is 0 Å². The molecular formula is C14H19F2NO. The van der Waals surface area contributed by atoms with Crippen LogP contribution in [0.15, 0.2) is 24.3 Å². The molecule has 1 saturated heterocycles. The van der Waals surface area contributed by atoms with Crippen LogP contribution in [-0.2, 0) is 11.3 Å². The third kappa shape index (κ3) is 4.03. The van der Waals surface area contributed by atoms with Gasteiger partial charge >= 0.3 is 0 Å². The first kappa shape index (κ1) is 13.4. The summed E-state index contributed by atoms with van der Waals surface area (Å²) in [5.74, 6) is 0.657. The third-order valence-electron chi connectivity index (χ3n) is 3.29. The zero-order chi connectivity index (χ0) is 12.8. The van der Waals surface area contributed by atoms with E-state index in [0.717, 1.165) is 38.2 Å². The van der Waals surface area contributed by atoms with Crippen LogP contribution in [0.5, 0.6) is 0 Å². The normalized spacial score (nSPS) is 19.6. The number of rotatable bonds is 6. The number of benzene rings is 1. The molecule has 2 nitrogen and oxygen atoms in total. The Hall–Kier alpha value is -1.00. The minimum atomic E-state index is -2.39. The Balaban J connectivity index is 1.70. The van der Waals surface area contributed by atoms with Gasteiger partial charge in [-0.3, -0.25) is 0 Å². The summed E-state index contributed by atoms with van der Waals surface area (Å²) in [7, 11) is 0. The largest absolute Gasteiger partial charge is 0.381 e. The lowest BCUT2D eigenvalue weighted by Gasteiger charge is -2.09. The molecule has 1 aliphatic heterocycles. The van der Waals surface area contributed by atoms with Crippen LogP contribution in [0.4, 0.5) is 8.78 Å². The molecule has 4 heteroatoms. The second kappa shape index (κ2) is 6.81. The molecule has 0 bridgehead atoms. The highest BCUT2D eigenvalue weighted by molar-refractivity contribution is 5.24. The van der Waals surface area contributed by atoms with E-state index in [1.54, 1.807) is 12.1 Å².